The molecule has 2 N–H and O–H groups in total. The van der Waals surface area contributed by atoms with Crippen molar-refractivity contribution in [2.45, 2.75) is 32.7 Å². The maximum absolute atomic E-state index is 6.06. The second-order valence-electron chi connectivity index (χ2n) is 4.89. The molecule has 0 amide bonds. The Hall–Kier alpha value is -0.700. The van der Waals surface area contributed by atoms with Crippen molar-refractivity contribution in [3.63, 3.8) is 0 Å². The van der Waals surface area contributed by atoms with Gasteiger partial charge in [0.2, 0.25) is 0 Å². The van der Waals surface area contributed by atoms with Gasteiger partial charge in [0.1, 0.15) is 0 Å². The highest BCUT2D eigenvalue weighted by atomic mass is 79.9. The SMILES string of the molecule is CC(C)N(CC1CC1)c1cc(Br)ccc1N. The van der Waals surface area contributed by atoms with Gasteiger partial charge in [0.05, 0.1) is 11.4 Å². The van der Waals surface area contributed by atoms with E-state index in [9.17, 15) is 0 Å². The molecule has 2 rings (SSSR count). The first-order valence-corrected chi connectivity index (χ1v) is 6.69. The summed E-state index contributed by atoms with van der Waals surface area (Å²) < 4.78 is 1.10. The molecule has 1 fully saturated rings. The van der Waals surface area contributed by atoms with E-state index in [0.717, 1.165) is 28.3 Å². The molecule has 1 aliphatic rings. The maximum atomic E-state index is 6.06. The van der Waals surface area contributed by atoms with Crippen LogP contribution in [0.25, 0.3) is 0 Å². The Morgan fingerprint density at radius 2 is 2.12 bits per heavy atom. The minimum atomic E-state index is 0.497. The summed E-state index contributed by atoms with van der Waals surface area (Å²) in [7, 11) is 0. The third kappa shape index (κ3) is 2.70. The zero-order chi connectivity index (χ0) is 11.7. The van der Waals surface area contributed by atoms with Crippen LogP contribution in [-0.4, -0.2) is 12.6 Å². The third-order valence-electron chi connectivity index (χ3n) is 3.08. The van der Waals surface area contributed by atoms with Crippen molar-refractivity contribution < 1.29 is 0 Å². The predicted octanol–water partition coefficient (Wildman–Crippen LogP) is 3.66. The highest BCUT2D eigenvalue weighted by Crippen LogP contribution is 2.35. The fourth-order valence-corrected chi connectivity index (χ4v) is 2.28. The van der Waals surface area contributed by atoms with Crippen LogP contribution in [0, 0.1) is 5.92 Å². The van der Waals surface area contributed by atoms with Crippen LogP contribution < -0.4 is 10.6 Å². The molecule has 0 aromatic heterocycles. The van der Waals surface area contributed by atoms with Crippen molar-refractivity contribution in [2.75, 3.05) is 17.2 Å². The molecule has 0 spiro atoms. The number of nitrogen functional groups attached to an aromatic ring is 1. The van der Waals surface area contributed by atoms with Crippen LogP contribution in [-0.2, 0) is 0 Å². The van der Waals surface area contributed by atoms with E-state index in [2.05, 4.69) is 40.7 Å². The van der Waals surface area contributed by atoms with Crippen LogP contribution in [0.5, 0.6) is 0 Å². The largest absolute Gasteiger partial charge is 0.397 e. The zero-order valence-electron chi connectivity index (χ0n) is 9.91. The number of hydrogen-bond donors (Lipinski definition) is 1. The summed E-state index contributed by atoms with van der Waals surface area (Å²) >= 11 is 3.51. The van der Waals surface area contributed by atoms with Gasteiger partial charge >= 0.3 is 0 Å². The minimum Gasteiger partial charge on any atom is -0.397 e. The van der Waals surface area contributed by atoms with Gasteiger partial charge in [0.25, 0.3) is 0 Å². The van der Waals surface area contributed by atoms with Crippen molar-refractivity contribution in [1.29, 1.82) is 0 Å². The van der Waals surface area contributed by atoms with Crippen molar-refractivity contribution in [3.8, 4) is 0 Å². The molecule has 1 aromatic carbocycles. The van der Waals surface area contributed by atoms with Crippen LogP contribution in [0.3, 0.4) is 0 Å². The lowest BCUT2D eigenvalue weighted by molar-refractivity contribution is 0.645. The molecule has 3 heteroatoms. The van der Waals surface area contributed by atoms with E-state index in [0.29, 0.717) is 6.04 Å². The summed E-state index contributed by atoms with van der Waals surface area (Å²) in [4.78, 5) is 2.41. The van der Waals surface area contributed by atoms with Crippen molar-refractivity contribution in [2.24, 2.45) is 5.92 Å². The fourth-order valence-electron chi connectivity index (χ4n) is 1.93. The number of nitrogens with zero attached hydrogens (tertiary/aromatic N) is 1. The second-order valence-corrected chi connectivity index (χ2v) is 5.81. The Morgan fingerprint density at radius 3 is 2.69 bits per heavy atom. The average Bonchev–Trinajstić information content (AvgIpc) is 3.02. The van der Waals surface area contributed by atoms with Crippen LogP contribution in [0.2, 0.25) is 0 Å². The van der Waals surface area contributed by atoms with Gasteiger partial charge in [0.15, 0.2) is 0 Å². The quantitative estimate of drug-likeness (QED) is 0.854. The molecule has 0 bridgehead atoms. The monoisotopic (exact) mass is 282 g/mol. The first-order valence-electron chi connectivity index (χ1n) is 5.89. The van der Waals surface area contributed by atoms with Crippen LogP contribution in [0.15, 0.2) is 22.7 Å². The molecule has 16 heavy (non-hydrogen) atoms. The van der Waals surface area contributed by atoms with Gasteiger partial charge in [-0.3, -0.25) is 0 Å². The van der Waals surface area contributed by atoms with Gasteiger partial charge in [-0.25, -0.2) is 0 Å². The molecular weight excluding hydrogens is 264 g/mol. The van der Waals surface area contributed by atoms with Crippen molar-refractivity contribution >= 4 is 27.3 Å². The average molecular weight is 283 g/mol. The summed E-state index contributed by atoms with van der Waals surface area (Å²) in [5, 5.41) is 0. The third-order valence-corrected chi connectivity index (χ3v) is 3.57. The number of hydrogen-bond acceptors (Lipinski definition) is 2. The van der Waals surface area contributed by atoms with Crippen LogP contribution >= 0.6 is 15.9 Å². The number of benzene rings is 1. The maximum Gasteiger partial charge on any atom is 0.0613 e. The topological polar surface area (TPSA) is 29.3 Å². The molecule has 1 aromatic rings. The van der Waals surface area contributed by atoms with E-state index in [1.54, 1.807) is 0 Å². The summed E-state index contributed by atoms with van der Waals surface area (Å²) in [5.74, 6) is 0.876. The molecule has 88 valence electrons. The number of halogens is 1. The van der Waals surface area contributed by atoms with E-state index in [4.69, 9.17) is 5.73 Å². The lowest BCUT2D eigenvalue weighted by atomic mass is 10.2. The van der Waals surface area contributed by atoms with Crippen LogP contribution in [0.1, 0.15) is 26.7 Å². The summed E-state index contributed by atoms with van der Waals surface area (Å²) in [6.45, 7) is 5.59. The van der Waals surface area contributed by atoms with Crippen LogP contribution in [0.4, 0.5) is 11.4 Å². The van der Waals surface area contributed by atoms with Gasteiger partial charge in [-0.05, 0) is 50.8 Å². The molecular formula is C13H19BrN2. The Bertz CT molecular complexity index is 372. The van der Waals surface area contributed by atoms with E-state index >= 15 is 0 Å². The molecule has 1 aliphatic carbocycles. The first-order chi connectivity index (χ1) is 7.58. The molecule has 1 saturated carbocycles. The molecule has 0 unspecified atom stereocenters. The van der Waals surface area contributed by atoms with E-state index in [-0.39, 0.29) is 0 Å². The predicted molar refractivity (Wildman–Crippen MR) is 73.8 cm³/mol. The number of nitrogens with two attached hydrogens (primary N) is 1. The molecule has 0 heterocycles. The van der Waals surface area contributed by atoms with Crippen molar-refractivity contribution in [1.82, 2.24) is 0 Å². The Balaban J connectivity index is 2.25. The lowest BCUT2D eigenvalue weighted by Gasteiger charge is -2.30. The molecule has 0 aliphatic heterocycles. The normalized spacial score (nSPS) is 15.5. The Morgan fingerprint density at radius 1 is 1.44 bits per heavy atom. The van der Waals surface area contributed by atoms with Gasteiger partial charge in [-0.15, -0.1) is 0 Å². The minimum absolute atomic E-state index is 0.497. The zero-order valence-corrected chi connectivity index (χ0v) is 11.5. The Labute approximate surface area is 106 Å². The first kappa shape index (κ1) is 11.8. The summed E-state index contributed by atoms with van der Waals surface area (Å²) in [6, 6.07) is 6.59. The lowest BCUT2D eigenvalue weighted by Crippen LogP contribution is -2.33. The number of anilines is 2. The second kappa shape index (κ2) is 4.66. The molecule has 2 nitrogen and oxygen atoms in total. The van der Waals surface area contributed by atoms with Gasteiger partial charge < -0.3 is 10.6 Å². The molecule has 0 atom stereocenters. The van der Waals surface area contributed by atoms with Gasteiger partial charge in [-0.1, -0.05) is 15.9 Å². The number of rotatable bonds is 4. The highest BCUT2D eigenvalue weighted by molar-refractivity contribution is 9.10. The highest BCUT2D eigenvalue weighted by Gasteiger charge is 2.26. The van der Waals surface area contributed by atoms with E-state index in [1.807, 2.05) is 12.1 Å². The van der Waals surface area contributed by atoms with E-state index < -0.39 is 0 Å². The summed E-state index contributed by atoms with van der Waals surface area (Å²) in [5.41, 5.74) is 8.10. The molecule has 0 saturated heterocycles. The van der Waals surface area contributed by atoms with Crippen molar-refractivity contribution in [3.05, 3.63) is 22.7 Å². The molecule has 0 radical (unpaired) electrons. The van der Waals surface area contributed by atoms with Gasteiger partial charge in [0, 0.05) is 17.1 Å². The van der Waals surface area contributed by atoms with E-state index in [1.165, 1.54) is 12.8 Å². The standard InChI is InChI=1S/C13H19BrN2/c1-9(2)16(8-10-3-4-10)13-7-11(14)5-6-12(13)15/h5-7,9-10H,3-4,8,15H2,1-2H3. The fraction of sp³-hybridized carbons (Fsp3) is 0.538. The summed E-state index contributed by atoms with van der Waals surface area (Å²) in [6.07, 6.45) is 2.74. The van der Waals surface area contributed by atoms with Gasteiger partial charge in [-0.2, -0.15) is 0 Å². The smallest absolute Gasteiger partial charge is 0.0613 e. The Kier molecular flexibility index (Phi) is 3.43.